The first-order chi connectivity index (χ1) is 14.4. The smallest absolute Gasteiger partial charge is 0.303 e. The lowest BCUT2D eigenvalue weighted by atomic mass is 10.1. The topological polar surface area (TPSA) is 95.0 Å². The highest BCUT2D eigenvalue weighted by atomic mass is 35.5. The number of halogens is 1. The van der Waals surface area contributed by atoms with E-state index in [1.165, 1.54) is 4.90 Å². The van der Waals surface area contributed by atoms with Crippen molar-refractivity contribution in [3.63, 3.8) is 0 Å². The van der Waals surface area contributed by atoms with Crippen LogP contribution >= 0.6 is 11.6 Å². The van der Waals surface area contributed by atoms with Crippen molar-refractivity contribution in [2.45, 2.75) is 31.7 Å². The van der Waals surface area contributed by atoms with Crippen LogP contribution in [0.15, 0.2) is 54.6 Å². The number of hydrogen-bond acceptors (Lipinski definition) is 4. The molecule has 0 saturated carbocycles. The van der Waals surface area contributed by atoms with E-state index in [-0.39, 0.29) is 25.8 Å². The molecule has 1 aliphatic rings. The van der Waals surface area contributed by atoms with E-state index in [1.807, 2.05) is 30.3 Å². The minimum atomic E-state index is -1.09. The van der Waals surface area contributed by atoms with Crippen molar-refractivity contribution in [2.24, 2.45) is 0 Å². The first-order valence-corrected chi connectivity index (χ1v) is 9.92. The summed E-state index contributed by atoms with van der Waals surface area (Å²) in [6.45, 7) is 0.209. The van der Waals surface area contributed by atoms with Gasteiger partial charge in [0.2, 0.25) is 11.8 Å². The third-order valence-electron chi connectivity index (χ3n) is 4.94. The number of imide groups is 1. The zero-order valence-corrected chi connectivity index (χ0v) is 16.9. The molecule has 3 rings (SSSR count). The number of carboxylic acids is 1. The molecule has 8 heteroatoms. The maximum absolute atomic E-state index is 13.1. The van der Waals surface area contributed by atoms with E-state index in [4.69, 9.17) is 16.7 Å². The van der Waals surface area contributed by atoms with Gasteiger partial charge in [-0.1, -0.05) is 41.9 Å². The van der Waals surface area contributed by atoms with Crippen molar-refractivity contribution in [1.82, 2.24) is 4.90 Å². The van der Waals surface area contributed by atoms with Gasteiger partial charge in [0.05, 0.1) is 18.5 Å². The maximum atomic E-state index is 13.1. The number of benzene rings is 2. The summed E-state index contributed by atoms with van der Waals surface area (Å²) in [5.41, 5.74) is 1.36. The van der Waals surface area contributed by atoms with E-state index in [0.29, 0.717) is 17.1 Å². The predicted octanol–water partition coefficient (Wildman–Crippen LogP) is 2.91. The van der Waals surface area contributed by atoms with Gasteiger partial charge in [-0.05, 0) is 36.2 Å². The molecule has 3 amide bonds. The molecule has 30 heavy (non-hydrogen) atoms. The van der Waals surface area contributed by atoms with Gasteiger partial charge in [-0.3, -0.25) is 19.2 Å². The Bertz CT molecular complexity index is 946. The molecule has 0 unspecified atom stereocenters. The minimum Gasteiger partial charge on any atom is -0.481 e. The number of carboxylic acid groups (broad SMARTS) is 1. The Morgan fingerprint density at radius 1 is 1.03 bits per heavy atom. The van der Waals surface area contributed by atoms with Crippen LogP contribution in [0.1, 0.15) is 24.8 Å². The first-order valence-electron chi connectivity index (χ1n) is 9.54. The summed E-state index contributed by atoms with van der Waals surface area (Å²) in [4.78, 5) is 51.7. The van der Waals surface area contributed by atoms with Gasteiger partial charge in [-0.25, -0.2) is 4.90 Å². The summed E-state index contributed by atoms with van der Waals surface area (Å²) in [6.07, 6.45) is -0.229. The second kappa shape index (κ2) is 9.54. The van der Waals surface area contributed by atoms with Gasteiger partial charge in [0.25, 0.3) is 5.91 Å². The summed E-state index contributed by atoms with van der Waals surface area (Å²) in [6, 6.07) is 14.8. The van der Waals surface area contributed by atoms with E-state index in [9.17, 15) is 19.2 Å². The lowest BCUT2D eigenvalue weighted by Gasteiger charge is -2.27. The molecule has 1 atom stereocenters. The molecule has 2 aromatic rings. The van der Waals surface area contributed by atoms with Crippen LogP contribution in [0.3, 0.4) is 0 Å². The number of rotatable bonds is 8. The molecule has 0 aliphatic carbocycles. The highest BCUT2D eigenvalue weighted by molar-refractivity contribution is 6.30. The number of anilines is 1. The fraction of sp³-hybridized carbons (Fsp3) is 0.273. The zero-order valence-electron chi connectivity index (χ0n) is 16.2. The maximum Gasteiger partial charge on any atom is 0.303 e. The number of amides is 3. The van der Waals surface area contributed by atoms with Crippen LogP contribution in [0.4, 0.5) is 5.69 Å². The molecule has 0 spiro atoms. The van der Waals surface area contributed by atoms with Crippen LogP contribution in [-0.2, 0) is 25.6 Å². The zero-order chi connectivity index (χ0) is 21.7. The normalized spacial score (nSPS) is 16.0. The molecule has 156 valence electrons. The first kappa shape index (κ1) is 21.5. The number of hydrogen-bond donors (Lipinski definition) is 1. The Kier molecular flexibility index (Phi) is 6.84. The van der Waals surface area contributed by atoms with Crippen LogP contribution < -0.4 is 4.90 Å². The van der Waals surface area contributed by atoms with Crippen molar-refractivity contribution in [1.29, 1.82) is 0 Å². The quantitative estimate of drug-likeness (QED) is 0.652. The summed E-state index contributed by atoms with van der Waals surface area (Å²) >= 11 is 5.88. The largest absolute Gasteiger partial charge is 0.481 e. The van der Waals surface area contributed by atoms with Crippen molar-refractivity contribution in [2.75, 3.05) is 11.4 Å². The fourth-order valence-electron chi connectivity index (χ4n) is 3.43. The third kappa shape index (κ3) is 5.04. The average molecular weight is 429 g/mol. The van der Waals surface area contributed by atoms with Gasteiger partial charge in [-0.15, -0.1) is 0 Å². The lowest BCUT2D eigenvalue weighted by molar-refractivity contribution is -0.143. The monoisotopic (exact) mass is 428 g/mol. The summed E-state index contributed by atoms with van der Waals surface area (Å²) < 4.78 is 0. The minimum absolute atomic E-state index is 0.144. The van der Waals surface area contributed by atoms with Crippen molar-refractivity contribution < 1.29 is 24.3 Å². The molecule has 1 heterocycles. The molecule has 0 radical (unpaired) electrons. The SMILES string of the molecule is O=C(O)CCC(=O)N(CCc1ccccc1)[C@@H]1CC(=O)N(c2ccc(Cl)cc2)C1=O. The van der Waals surface area contributed by atoms with Gasteiger partial charge in [0.1, 0.15) is 6.04 Å². The Hall–Kier alpha value is -3.19. The van der Waals surface area contributed by atoms with Gasteiger partial charge >= 0.3 is 5.97 Å². The van der Waals surface area contributed by atoms with E-state index >= 15 is 0 Å². The lowest BCUT2D eigenvalue weighted by Crippen LogP contribution is -2.46. The van der Waals surface area contributed by atoms with Crippen LogP contribution in [0.5, 0.6) is 0 Å². The fourth-order valence-corrected chi connectivity index (χ4v) is 3.55. The second-order valence-corrected chi connectivity index (χ2v) is 7.42. The molecule has 1 saturated heterocycles. The van der Waals surface area contributed by atoms with Crippen LogP contribution in [-0.4, -0.2) is 46.3 Å². The molecule has 0 aromatic heterocycles. The summed E-state index contributed by atoms with van der Waals surface area (Å²) in [7, 11) is 0. The number of carbonyl (C=O) groups is 4. The number of aliphatic carboxylic acids is 1. The van der Waals surface area contributed by atoms with Crippen LogP contribution in [0.2, 0.25) is 5.02 Å². The van der Waals surface area contributed by atoms with E-state index in [0.717, 1.165) is 10.5 Å². The Labute approximate surface area is 178 Å². The Morgan fingerprint density at radius 2 is 1.70 bits per heavy atom. The Balaban J connectivity index is 1.81. The highest BCUT2D eigenvalue weighted by Gasteiger charge is 2.44. The Morgan fingerprint density at radius 3 is 2.33 bits per heavy atom. The predicted molar refractivity (Wildman–Crippen MR) is 111 cm³/mol. The van der Waals surface area contributed by atoms with Gasteiger partial charge in [-0.2, -0.15) is 0 Å². The molecule has 7 nitrogen and oxygen atoms in total. The van der Waals surface area contributed by atoms with Crippen molar-refractivity contribution in [3.8, 4) is 0 Å². The molecular formula is C22H21ClN2O5. The third-order valence-corrected chi connectivity index (χ3v) is 5.19. The molecule has 0 bridgehead atoms. The van der Waals surface area contributed by atoms with Crippen molar-refractivity contribution >= 4 is 41.0 Å². The van der Waals surface area contributed by atoms with E-state index in [2.05, 4.69) is 0 Å². The van der Waals surface area contributed by atoms with E-state index in [1.54, 1.807) is 24.3 Å². The van der Waals surface area contributed by atoms with Gasteiger partial charge in [0, 0.05) is 18.0 Å². The number of nitrogens with zero attached hydrogens (tertiary/aromatic N) is 2. The summed E-state index contributed by atoms with van der Waals surface area (Å²) in [5, 5.41) is 9.39. The van der Waals surface area contributed by atoms with Gasteiger partial charge in [0.15, 0.2) is 0 Å². The standard InChI is InChI=1S/C22H21ClN2O5/c23-16-6-8-17(9-7-16)25-20(27)14-18(22(25)30)24(19(26)10-11-21(28)29)13-12-15-4-2-1-3-5-15/h1-9,18H,10-14H2,(H,28,29)/t18-/m1/s1. The van der Waals surface area contributed by atoms with E-state index < -0.39 is 29.7 Å². The molecule has 1 aliphatic heterocycles. The second-order valence-electron chi connectivity index (χ2n) is 6.98. The summed E-state index contributed by atoms with van der Waals surface area (Å²) in [5.74, 6) is -2.47. The van der Waals surface area contributed by atoms with Crippen LogP contribution in [0, 0.1) is 0 Å². The molecule has 2 aromatic carbocycles. The average Bonchev–Trinajstić information content (AvgIpc) is 3.02. The van der Waals surface area contributed by atoms with Gasteiger partial charge < -0.3 is 10.0 Å². The molecule has 1 N–H and O–H groups in total. The number of carbonyl (C=O) groups excluding carboxylic acids is 3. The highest BCUT2D eigenvalue weighted by Crippen LogP contribution is 2.27. The van der Waals surface area contributed by atoms with Crippen LogP contribution in [0.25, 0.3) is 0 Å². The molecule has 1 fully saturated rings. The molecular weight excluding hydrogens is 408 g/mol. The van der Waals surface area contributed by atoms with Crippen molar-refractivity contribution in [3.05, 3.63) is 65.2 Å².